The average Bonchev–Trinajstić information content (AvgIpc) is 3.91. The summed E-state index contributed by atoms with van der Waals surface area (Å²) < 4.78 is 8.79. The van der Waals surface area contributed by atoms with Crippen LogP contribution in [-0.2, 0) is 0 Å². The van der Waals surface area contributed by atoms with E-state index in [-0.39, 0.29) is 0 Å². The zero-order chi connectivity index (χ0) is 41.0. The molecule has 0 bridgehead atoms. The van der Waals surface area contributed by atoms with Crippen LogP contribution in [0.1, 0.15) is 0 Å². The molecule has 0 unspecified atom stereocenters. The van der Waals surface area contributed by atoms with Crippen LogP contribution < -0.4 is 0 Å². The van der Waals surface area contributed by atoms with Crippen LogP contribution in [0.15, 0.2) is 217 Å². The summed E-state index contributed by atoms with van der Waals surface area (Å²) in [6, 6.07) is 69.9. The van der Waals surface area contributed by atoms with Crippen LogP contribution in [-0.4, -0.2) is 24.5 Å². The Morgan fingerprint density at radius 1 is 0.339 bits per heavy atom. The molecule has 6 nitrogen and oxygen atoms in total. The van der Waals surface area contributed by atoms with E-state index in [0.717, 1.165) is 55.4 Å². The first-order valence-corrected chi connectivity index (χ1v) is 20.7. The molecule has 0 N–H and O–H groups in total. The van der Waals surface area contributed by atoms with E-state index in [1.165, 1.54) is 32.9 Å². The molecule has 0 fully saturated rings. The summed E-state index contributed by atoms with van der Waals surface area (Å²) in [4.78, 5) is 19.9. The van der Waals surface area contributed by atoms with Crippen LogP contribution in [0.25, 0.3) is 117 Å². The van der Waals surface area contributed by atoms with Gasteiger partial charge in [-0.25, -0.2) is 15.0 Å². The number of furan rings is 1. The van der Waals surface area contributed by atoms with Gasteiger partial charge in [0.2, 0.25) is 0 Å². The molecule has 0 radical (unpaired) electrons. The monoisotopic (exact) mass is 793 g/mol. The zero-order valence-electron chi connectivity index (χ0n) is 33.4. The minimum atomic E-state index is 0.491. The highest BCUT2D eigenvalue weighted by atomic mass is 16.3. The third kappa shape index (κ3) is 6.13. The first-order valence-electron chi connectivity index (χ1n) is 20.7. The maximum Gasteiger partial charge on any atom is 0.169 e. The van der Waals surface area contributed by atoms with E-state index in [4.69, 9.17) is 19.4 Å². The average molecular weight is 794 g/mol. The molecule has 0 aliphatic rings. The van der Waals surface area contributed by atoms with Crippen molar-refractivity contribution in [3.05, 3.63) is 213 Å². The molecule has 0 spiro atoms. The number of aromatic nitrogens is 5. The fraction of sp³-hybridized carbons (Fsp3) is 0. The number of benzene rings is 8. The Morgan fingerprint density at radius 3 is 1.42 bits per heavy atom. The van der Waals surface area contributed by atoms with E-state index in [0.29, 0.717) is 28.6 Å². The van der Waals surface area contributed by atoms with Gasteiger partial charge in [0.15, 0.2) is 17.5 Å². The van der Waals surface area contributed by atoms with Gasteiger partial charge in [-0.2, -0.15) is 0 Å². The first kappa shape index (κ1) is 35.5. The predicted octanol–water partition coefficient (Wildman–Crippen LogP) is 14.3. The molecule has 0 aliphatic carbocycles. The molecule has 290 valence electrons. The minimum Gasteiger partial charge on any atom is -0.455 e. The van der Waals surface area contributed by atoms with Crippen molar-refractivity contribution in [2.45, 2.75) is 0 Å². The predicted molar refractivity (Wildman–Crippen MR) is 252 cm³/mol. The van der Waals surface area contributed by atoms with E-state index in [1.807, 2.05) is 36.5 Å². The summed E-state index contributed by atoms with van der Waals surface area (Å²) >= 11 is 0. The number of nitrogens with zero attached hydrogens (tertiary/aromatic N) is 5. The van der Waals surface area contributed by atoms with Crippen molar-refractivity contribution in [1.29, 1.82) is 0 Å². The molecular formula is C56H35N5O. The van der Waals surface area contributed by atoms with Crippen molar-refractivity contribution >= 4 is 43.7 Å². The lowest BCUT2D eigenvalue weighted by molar-refractivity contribution is 0.669. The molecular weight excluding hydrogens is 759 g/mol. The van der Waals surface area contributed by atoms with Gasteiger partial charge in [0.25, 0.3) is 0 Å². The van der Waals surface area contributed by atoms with Crippen LogP contribution in [0.3, 0.4) is 0 Å². The largest absolute Gasteiger partial charge is 0.455 e. The molecule has 12 aromatic rings. The minimum absolute atomic E-state index is 0.491. The number of pyridine rings is 1. The standard InChI is InChI=1S/C56H35N5O/c1-2-11-36(12-3-1)37-21-23-38(24-22-37)39-25-29-41(30-26-39)54-58-55(60-56(59-54)49-35-57-34-48-47-17-6-9-20-52(47)62-53(48)49)42-31-27-40(28-32-42)43-13-10-14-44(33-43)61-50-18-7-4-15-45(50)46-16-5-8-19-51(46)61/h1-35H. The molecule has 0 saturated carbocycles. The SMILES string of the molecule is c1ccc(-c2ccc(-c3ccc(-c4nc(-c5ccc(-c6cccc(-n7c8ccccc8c8ccccc87)c6)cc5)nc(-c5cncc6c5oc5ccccc56)n4)cc3)cc2)cc1. The van der Waals surface area contributed by atoms with Crippen LogP contribution in [0.4, 0.5) is 0 Å². The third-order valence-electron chi connectivity index (χ3n) is 11.8. The summed E-state index contributed by atoms with van der Waals surface area (Å²) in [6.07, 6.45) is 3.62. The molecule has 4 aromatic heterocycles. The Morgan fingerprint density at radius 2 is 0.806 bits per heavy atom. The molecule has 8 aromatic carbocycles. The van der Waals surface area contributed by atoms with E-state index in [9.17, 15) is 0 Å². The maximum absolute atomic E-state index is 6.44. The van der Waals surface area contributed by atoms with Crippen molar-refractivity contribution in [2.75, 3.05) is 0 Å². The van der Waals surface area contributed by atoms with Crippen LogP contribution in [0, 0.1) is 0 Å². The highest BCUT2D eigenvalue weighted by Crippen LogP contribution is 2.37. The van der Waals surface area contributed by atoms with Crippen LogP contribution in [0.2, 0.25) is 0 Å². The first-order chi connectivity index (χ1) is 30.7. The fourth-order valence-corrected chi connectivity index (χ4v) is 8.69. The fourth-order valence-electron chi connectivity index (χ4n) is 8.69. The number of fused-ring (bicyclic) bond motifs is 6. The number of rotatable bonds is 7. The van der Waals surface area contributed by atoms with Gasteiger partial charge >= 0.3 is 0 Å². The van der Waals surface area contributed by atoms with Crippen molar-refractivity contribution in [3.63, 3.8) is 0 Å². The molecule has 62 heavy (non-hydrogen) atoms. The second-order valence-corrected chi connectivity index (χ2v) is 15.5. The quantitative estimate of drug-likeness (QED) is 0.161. The highest BCUT2D eigenvalue weighted by molar-refractivity contribution is 6.10. The molecule has 0 amide bonds. The molecule has 4 heterocycles. The number of hydrogen-bond acceptors (Lipinski definition) is 5. The second-order valence-electron chi connectivity index (χ2n) is 15.5. The van der Waals surface area contributed by atoms with E-state index in [1.54, 1.807) is 6.20 Å². The van der Waals surface area contributed by atoms with E-state index >= 15 is 0 Å². The highest BCUT2D eigenvalue weighted by Gasteiger charge is 2.19. The van der Waals surface area contributed by atoms with Gasteiger partial charge in [-0.3, -0.25) is 4.98 Å². The Bertz CT molecular complexity index is 3560. The summed E-state index contributed by atoms with van der Waals surface area (Å²) in [6.45, 7) is 0. The number of para-hydroxylation sites is 3. The maximum atomic E-state index is 6.44. The molecule has 0 aliphatic heterocycles. The lowest BCUT2D eigenvalue weighted by Crippen LogP contribution is -2.00. The summed E-state index contributed by atoms with van der Waals surface area (Å²) in [5, 5.41) is 4.39. The topological polar surface area (TPSA) is 69.6 Å². The van der Waals surface area contributed by atoms with Gasteiger partial charge in [0, 0.05) is 50.8 Å². The van der Waals surface area contributed by atoms with Gasteiger partial charge in [0.1, 0.15) is 11.2 Å². The third-order valence-corrected chi connectivity index (χ3v) is 11.8. The molecule has 12 rings (SSSR count). The lowest BCUT2D eigenvalue weighted by atomic mass is 9.99. The summed E-state index contributed by atoms with van der Waals surface area (Å²) in [5.74, 6) is 1.61. The van der Waals surface area contributed by atoms with Crippen LogP contribution in [0.5, 0.6) is 0 Å². The van der Waals surface area contributed by atoms with Crippen molar-refractivity contribution in [3.8, 4) is 73.2 Å². The van der Waals surface area contributed by atoms with Gasteiger partial charge in [0.05, 0.1) is 16.6 Å². The second kappa shape index (κ2) is 14.7. The zero-order valence-corrected chi connectivity index (χ0v) is 33.4. The van der Waals surface area contributed by atoms with Crippen molar-refractivity contribution in [1.82, 2.24) is 24.5 Å². The van der Waals surface area contributed by atoms with Gasteiger partial charge < -0.3 is 8.98 Å². The van der Waals surface area contributed by atoms with Crippen molar-refractivity contribution in [2.24, 2.45) is 0 Å². The van der Waals surface area contributed by atoms with E-state index < -0.39 is 0 Å². The van der Waals surface area contributed by atoms with Crippen molar-refractivity contribution < 1.29 is 4.42 Å². The number of hydrogen-bond donors (Lipinski definition) is 0. The van der Waals surface area contributed by atoms with Gasteiger partial charge in [-0.05, 0) is 63.7 Å². The Hall–Kier alpha value is -8.48. The summed E-state index contributed by atoms with van der Waals surface area (Å²) in [7, 11) is 0. The van der Waals surface area contributed by atoms with Crippen LogP contribution >= 0.6 is 0 Å². The Kier molecular flexibility index (Phi) is 8.38. The Balaban J connectivity index is 0.928. The Labute approximate surface area is 357 Å². The molecule has 0 atom stereocenters. The molecule has 0 saturated heterocycles. The molecule has 6 heteroatoms. The lowest BCUT2D eigenvalue weighted by Gasteiger charge is -2.11. The van der Waals surface area contributed by atoms with Gasteiger partial charge in [-0.15, -0.1) is 0 Å². The summed E-state index contributed by atoms with van der Waals surface area (Å²) in [5.41, 5.74) is 14.2. The van der Waals surface area contributed by atoms with Gasteiger partial charge in [-0.1, -0.05) is 170 Å². The normalized spacial score (nSPS) is 11.5. The van der Waals surface area contributed by atoms with E-state index in [2.05, 4.69) is 179 Å². The smallest absolute Gasteiger partial charge is 0.169 e.